The molecule has 1 unspecified atom stereocenters. The van der Waals surface area contributed by atoms with Crippen LogP contribution in [0, 0.1) is 5.82 Å². The van der Waals surface area contributed by atoms with Crippen molar-refractivity contribution in [1.29, 1.82) is 0 Å². The number of carbonyl (C=O) groups excluding carboxylic acids is 2. The van der Waals surface area contributed by atoms with Gasteiger partial charge in [-0.05, 0) is 36.4 Å². The Labute approximate surface area is 207 Å². The summed E-state index contributed by atoms with van der Waals surface area (Å²) in [5, 5.41) is 0. The molecule has 0 spiro atoms. The highest BCUT2D eigenvalue weighted by atomic mass is 35.5. The topological polar surface area (TPSA) is 96.0 Å². The molecule has 0 radical (unpaired) electrons. The smallest absolute Gasteiger partial charge is 0.275 e. The molecule has 3 rings (SSSR count). The van der Waals surface area contributed by atoms with E-state index in [1.807, 2.05) is 0 Å². The van der Waals surface area contributed by atoms with Crippen molar-refractivity contribution in [2.45, 2.75) is 12.8 Å². The van der Waals surface area contributed by atoms with Gasteiger partial charge in [-0.2, -0.15) is 0 Å². The van der Waals surface area contributed by atoms with Gasteiger partial charge >= 0.3 is 0 Å². The molecule has 1 N–H and O–H groups in total. The van der Waals surface area contributed by atoms with Crippen LogP contribution in [0.25, 0.3) is 0 Å². The van der Waals surface area contributed by atoms with Gasteiger partial charge in [0.15, 0.2) is 0 Å². The maximum absolute atomic E-state index is 14.8. The molecular weight excluding hydrogens is 505 g/mol. The van der Waals surface area contributed by atoms with E-state index in [2.05, 4.69) is 4.72 Å². The van der Waals surface area contributed by atoms with Crippen LogP contribution in [0.5, 0.6) is 0 Å². The van der Waals surface area contributed by atoms with Crippen molar-refractivity contribution >= 4 is 50.5 Å². The Hall–Kier alpha value is -2.47. The first kappa shape index (κ1) is 26.1. The van der Waals surface area contributed by atoms with Gasteiger partial charge in [0.25, 0.3) is 11.8 Å². The number of thiophene rings is 1. The van der Waals surface area contributed by atoms with Crippen LogP contribution in [0.4, 0.5) is 10.1 Å². The molecule has 0 bridgehead atoms. The Morgan fingerprint density at radius 1 is 1.35 bits per heavy atom. The third kappa shape index (κ3) is 6.15. The van der Waals surface area contributed by atoms with Gasteiger partial charge in [0.05, 0.1) is 22.4 Å². The Kier molecular flexibility index (Phi) is 8.34. The summed E-state index contributed by atoms with van der Waals surface area (Å²) >= 11 is 7.22. The second-order valence-electron chi connectivity index (χ2n) is 7.85. The summed E-state index contributed by atoms with van der Waals surface area (Å²) in [7, 11) is -0.750. The third-order valence-electron chi connectivity index (χ3n) is 5.23. The zero-order valence-corrected chi connectivity index (χ0v) is 21.3. The molecule has 0 aliphatic carbocycles. The Morgan fingerprint density at radius 3 is 2.71 bits per heavy atom. The van der Waals surface area contributed by atoms with Crippen molar-refractivity contribution in [3.8, 4) is 0 Å². The third-order valence-corrected chi connectivity index (χ3v) is 8.16. The normalized spacial score (nSPS) is 14.8. The van der Waals surface area contributed by atoms with E-state index in [0.717, 1.165) is 15.8 Å². The molecule has 1 aliphatic rings. The van der Waals surface area contributed by atoms with Crippen LogP contribution in [-0.4, -0.2) is 64.7 Å². The molecule has 1 aliphatic heterocycles. The Bertz CT molecular complexity index is 1210. The van der Waals surface area contributed by atoms with Crippen LogP contribution in [0.1, 0.15) is 28.1 Å². The highest BCUT2D eigenvalue weighted by Crippen LogP contribution is 2.29. The van der Waals surface area contributed by atoms with Crippen LogP contribution in [0.2, 0.25) is 4.34 Å². The number of likely N-dealkylation sites (N-methyl/N-ethyl adjacent to an activating group) is 1. The number of rotatable bonds is 10. The number of methoxy groups -OCH3 is 1. The van der Waals surface area contributed by atoms with Gasteiger partial charge in [-0.25, -0.2) is 12.8 Å². The molecule has 1 aromatic carbocycles. The van der Waals surface area contributed by atoms with Crippen molar-refractivity contribution in [2.24, 2.45) is 0 Å². The number of hydrogen-bond donors (Lipinski definition) is 1. The van der Waals surface area contributed by atoms with E-state index in [1.54, 1.807) is 26.1 Å². The predicted molar refractivity (Wildman–Crippen MR) is 130 cm³/mol. The summed E-state index contributed by atoms with van der Waals surface area (Å²) in [6, 6.07) is 7.28. The van der Waals surface area contributed by atoms with E-state index in [0.29, 0.717) is 17.5 Å². The van der Waals surface area contributed by atoms with Crippen LogP contribution >= 0.6 is 22.9 Å². The molecule has 2 aromatic rings. The minimum absolute atomic E-state index is 0.00920. The molecule has 2 amide bonds. The second-order valence-corrected chi connectivity index (χ2v) is 11.4. The molecule has 0 fully saturated rings. The zero-order chi connectivity index (χ0) is 25.0. The van der Waals surface area contributed by atoms with Gasteiger partial charge in [0.1, 0.15) is 11.5 Å². The molecule has 12 heteroatoms. The maximum atomic E-state index is 14.8. The van der Waals surface area contributed by atoms with E-state index in [-0.39, 0.29) is 41.1 Å². The lowest BCUT2D eigenvalue weighted by molar-refractivity contribution is -0.114. The van der Waals surface area contributed by atoms with E-state index in [9.17, 15) is 22.4 Å². The second kappa shape index (κ2) is 10.9. The molecule has 0 saturated heterocycles. The van der Waals surface area contributed by atoms with Crippen LogP contribution in [0.3, 0.4) is 0 Å². The SMILES string of the molecule is COCCN(C)C(=O)c1ccc(N2CC=C(NS(=O)(=O)CC(C)c3ccc(Cl)s3)C2=O)c(F)c1. The van der Waals surface area contributed by atoms with Crippen molar-refractivity contribution < 1.29 is 27.1 Å². The number of anilines is 1. The summed E-state index contributed by atoms with van der Waals surface area (Å²) < 4.78 is 47.9. The van der Waals surface area contributed by atoms with Crippen molar-refractivity contribution in [1.82, 2.24) is 9.62 Å². The minimum atomic E-state index is -3.84. The lowest BCUT2D eigenvalue weighted by Crippen LogP contribution is -2.35. The lowest BCUT2D eigenvalue weighted by atomic mass is 10.1. The first-order chi connectivity index (χ1) is 16.0. The van der Waals surface area contributed by atoms with Crippen molar-refractivity contribution in [3.63, 3.8) is 0 Å². The first-order valence-corrected chi connectivity index (χ1v) is 13.2. The summed E-state index contributed by atoms with van der Waals surface area (Å²) in [5.74, 6) is -2.39. The Morgan fingerprint density at radius 2 is 2.09 bits per heavy atom. The molecule has 34 heavy (non-hydrogen) atoms. The van der Waals surface area contributed by atoms with Gasteiger partial charge in [0, 0.05) is 43.6 Å². The highest BCUT2D eigenvalue weighted by Gasteiger charge is 2.31. The summed E-state index contributed by atoms with van der Waals surface area (Å²) in [6.07, 6.45) is 1.39. The number of sulfonamides is 1. The van der Waals surface area contributed by atoms with E-state index in [4.69, 9.17) is 16.3 Å². The van der Waals surface area contributed by atoms with Gasteiger partial charge in [-0.1, -0.05) is 18.5 Å². The maximum Gasteiger partial charge on any atom is 0.275 e. The summed E-state index contributed by atoms with van der Waals surface area (Å²) in [5.41, 5.74) is -0.0635. The van der Waals surface area contributed by atoms with E-state index < -0.39 is 21.7 Å². The van der Waals surface area contributed by atoms with Gasteiger partial charge < -0.3 is 14.5 Å². The number of carbonyl (C=O) groups is 2. The van der Waals surface area contributed by atoms with E-state index in [1.165, 1.54) is 41.6 Å². The molecule has 1 atom stereocenters. The van der Waals surface area contributed by atoms with Gasteiger partial charge in [-0.3, -0.25) is 14.3 Å². The van der Waals surface area contributed by atoms with Crippen molar-refractivity contribution in [3.05, 3.63) is 62.7 Å². The molecule has 184 valence electrons. The van der Waals surface area contributed by atoms with E-state index >= 15 is 0 Å². The quantitative estimate of drug-likeness (QED) is 0.510. The van der Waals surface area contributed by atoms with Crippen molar-refractivity contribution in [2.75, 3.05) is 44.5 Å². The number of hydrogen-bond acceptors (Lipinski definition) is 6. The molecular formula is C22H25ClFN3O5S2. The zero-order valence-electron chi connectivity index (χ0n) is 18.9. The average molecular weight is 530 g/mol. The van der Waals surface area contributed by atoms with Crippen LogP contribution in [-0.2, 0) is 19.6 Å². The fraction of sp³-hybridized carbons (Fsp3) is 0.364. The highest BCUT2D eigenvalue weighted by molar-refractivity contribution is 7.89. The fourth-order valence-electron chi connectivity index (χ4n) is 3.41. The molecule has 1 aromatic heterocycles. The molecule has 8 nitrogen and oxygen atoms in total. The first-order valence-electron chi connectivity index (χ1n) is 10.3. The summed E-state index contributed by atoms with van der Waals surface area (Å²) in [4.78, 5) is 28.6. The number of ether oxygens (including phenoxy) is 1. The standard InChI is InChI=1S/C22H25ClFN3O5S2/c1-14(19-6-7-20(23)33-19)13-34(30,31)25-17-8-9-27(22(17)29)18-5-4-15(12-16(18)24)21(28)26(2)10-11-32-3/h4-8,12,14,25H,9-11,13H2,1-3H3. The number of amides is 2. The van der Waals surface area contributed by atoms with Gasteiger partial charge in [-0.15, -0.1) is 11.3 Å². The lowest BCUT2D eigenvalue weighted by Gasteiger charge is -2.20. The fourth-order valence-corrected chi connectivity index (χ4v) is 6.06. The minimum Gasteiger partial charge on any atom is -0.383 e. The van der Waals surface area contributed by atoms with Crippen LogP contribution < -0.4 is 9.62 Å². The largest absolute Gasteiger partial charge is 0.383 e. The number of nitrogens with zero attached hydrogens (tertiary/aromatic N) is 2. The number of benzene rings is 1. The monoisotopic (exact) mass is 529 g/mol. The molecule has 0 saturated carbocycles. The predicted octanol–water partition coefficient (Wildman–Crippen LogP) is 3.21. The van der Waals surface area contributed by atoms with Crippen LogP contribution in [0.15, 0.2) is 42.1 Å². The number of halogens is 2. The van der Waals surface area contributed by atoms with Gasteiger partial charge in [0.2, 0.25) is 10.0 Å². The average Bonchev–Trinajstić information content (AvgIpc) is 3.37. The Balaban J connectivity index is 1.66. The molecule has 2 heterocycles. The summed E-state index contributed by atoms with van der Waals surface area (Å²) in [6.45, 7) is 2.43. The number of nitrogens with one attached hydrogen (secondary N) is 1.